The second kappa shape index (κ2) is 6.75. The maximum absolute atomic E-state index is 12.2. The minimum atomic E-state index is 0.0810. The van der Waals surface area contributed by atoms with E-state index in [1.165, 1.54) is 5.69 Å². The lowest BCUT2D eigenvalue weighted by Gasteiger charge is -2.21. The van der Waals surface area contributed by atoms with Gasteiger partial charge in [0.15, 0.2) is 0 Å². The molecule has 0 spiro atoms. The Kier molecular flexibility index (Phi) is 5.01. The first-order valence-corrected chi connectivity index (χ1v) is 7.55. The highest BCUT2D eigenvalue weighted by Gasteiger charge is 2.29. The second-order valence-electron chi connectivity index (χ2n) is 5.35. The van der Waals surface area contributed by atoms with Gasteiger partial charge in [-0.3, -0.25) is 4.79 Å². The lowest BCUT2D eigenvalue weighted by Crippen LogP contribution is -2.32. The minimum Gasteiger partial charge on any atom is -0.372 e. The molecule has 20 heavy (non-hydrogen) atoms. The SMILES string of the molecule is CCN(CC)c1ccc(NC(=O)C2CCNC2C)cc1. The summed E-state index contributed by atoms with van der Waals surface area (Å²) in [4.78, 5) is 14.5. The van der Waals surface area contributed by atoms with Crippen LogP contribution in [0.25, 0.3) is 0 Å². The topological polar surface area (TPSA) is 44.4 Å². The Morgan fingerprint density at radius 1 is 1.30 bits per heavy atom. The van der Waals surface area contributed by atoms with E-state index >= 15 is 0 Å². The Morgan fingerprint density at radius 3 is 2.45 bits per heavy atom. The molecule has 2 unspecified atom stereocenters. The third-order valence-electron chi connectivity index (χ3n) is 4.13. The molecule has 1 aliphatic heterocycles. The molecule has 1 aromatic rings. The van der Waals surface area contributed by atoms with Gasteiger partial charge in [0.1, 0.15) is 0 Å². The Hall–Kier alpha value is -1.55. The molecule has 0 radical (unpaired) electrons. The molecule has 2 atom stereocenters. The van der Waals surface area contributed by atoms with Crippen molar-refractivity contribution in [3.63, 3.8) is 0 Å². The first-order chi connectivity index (χ1) is 9.65. The average Bonchev–Trinajstić information content (AvgIpc) is 2.88. The molecule has 1 heterocycles. The van der Waals surface area contributed by atoms with Gasteiger partial charge in [-0.2, -0.15) is 0 Å². The predicted octanol–water partition coefficient (Wildman–Crippen LogP) is 2.47. The third kappa shape index (κ3) is 3.31. The molecule has 0 saturated carbocycles. The van der Waals surface area contributed by atoms with Crippen LogP contribution in [0.1, 0.15) is 27.2 Å². The molecular formula is C16H25N3O. The van der Waals surface area contributed by atoms with Gasteiger partial charge in [0.05, 0.1) is 5.92 Å². The van der Waals surface area contributed by atoms with Crippen LogP contribution >= 0.6 is 0 Å². The van der Waals surface area contributed by atoms with E-state index < -0.39 is 0 Å². The van der Waals surface area contributed by atoms with E-state index in [1.807, 2.05) is 12.1 Å². The fraction of sp³-hybridized carbons (Fsp3) is 0.562. The fourth-order valence-corrected chi connectivity index (χ4v) is 2.80. The van der Waals surface area contributed by atoms with Crippen LogP contribution in [0, 0.1) is 5.92 Å². The number of carbonyl (C=O) groups is 1. The average molecular weight is 275 g/mol. The summed E-state index contributed by atoms with van der Waals surface area (Å²) in [7, 11) is 0. The highest BCUT2D eigenvalue weighted by atomic mass is 16.1. The van der Waals surface area contributed by atoms with Gasteiger partial charge in [-0.1, -0.05) is 0 Å². The normalized spacial score (nSPS) is 21.8. The van der Waals surface area contributed by atoms with Gasteiger partial charge in [0.25, 0.3) is 0 Å². The molecule has 0 aliphatic carbocycles. The van der Waals surface area contributed by atoms with Crippen molar-refractivity contribution in [3.8, 4) is 0 Å². The zero-order valence-corrected chi connectivity index (χ0v) is 12.6. The molecule has 4 heteroatoms. The van der Waals surface area contributed by atoms with Crippen molar-refractivity contribution in [2.45, 2.75) is 33.2 Å². The summed E-state index contributed by atoms with van der Waals surface area (Å²) in [6.07, 6.45) is 0.921. The Bertz CT molecular complexity index is 440. The summed E-state index contributed by atoms with van der Waals surface area (Å²) in [5.41, 5.74) is 2.08. The number of amides is 1. The van der Waals surface area contributed by atoms with Crippen LogP contribution < -0.4 is 15.5 Å². The quantitative estimate of drug-likeness (QED) is 0.867. The van der Waals surface area contributed by atoms with Gasteiger partial charge < -0.3 is 15.5 Å². The molecule has 2 N–H and O–H groups in total. The largest absolute Gasteiger partial charge is 0.372 e. The van der Waals surface area contributed by atoms with Gasteiger partial charge in [0.2, 0.25) is 5.91 Å². The maximum Gasteiger partial charge on any atom is 0.229 e. The van der Waals surface area contributed by atoms with Crippen LogP contribution in [0.5, 0.6) is 0 Å². The molecule has 1 aliphatic rings. The van der Waals surface area contributed by atoms with E-state index in [1.54, 1.807) is 0 Å². The number of rotatable bonds is 5. The zero-order chi connectivity index (χ0) is 14.5. The van der Waals surface area contributed by atoms with Crippen molar-refractivity contribution in [2.75, 3.05) is 29.9 Å². The highest BCUT2D eigenvalue weighted by Crippen LogP contribution is 2.20. The zero-order valence-electron chi connectivity index (χ0n) is 12.6. The smallest absolute Gasteiger partial charge is 0.229 e. The first-order valence-electron chi connectivity index (χ1n) is 7.55. The van der Waals surface area contributed by atoms with E-state index in [0.717, 1.165) is 31.7 Å². The molecule has 1 saturated heterocycles. The van der Waals surface area contributed by atoms with Crippen LogP contribution in [0.3, 0.4) is 0 Å². The van der Waals surface area contributed by atoms with Gasteiger partial charge in [-0.05, 0) is 58.0 Å². The molecular weight excluding hydrogens is 250 g/mol. The van der Waals surface area contributed by atoms with Crippen molar-refractivity contribution >= 4 is 17.3 Å². The molecule has 4 nitrogen and oxygen atoms in total. The summed E-state index contributed by atoms with van der Waals surface area (Å²) < 4.78 is 0. The van der Waals surface area contributed by atoms with E-state index in [2.05, 4.69) is 48.4 Å². The molecule has 1 fully saturated rings. The summed E-state index contributed by atoms with van der Waals surface area (Å²) in [6.45, 7) is 9.28. The third-order valence-corrected chi connectivity index (χ3v) is 4.13. The summed E-state index contributed by atoms with van der Waals surface area (Å²) in [5.74, 6) is 0.204. The van der Waals surface area contributed by atoms with Crippen LogP contribution in [0.15, 0.2) is 24.3 Å². The van der Waals surface area contributed by atoms with Crippen molar-refractivity contribution in [3.05, 3.63) is 24.3 Å². The van der Waals surface area contributed by atoms with Gasteiger partial charge in [-0.15, -0.1) is 0 Å². The number of nitrogens with zero attached hydrogens (tertiary/aromatic N) is 1. The lowest BCUT2D eigenvalue weighted by atomic mass is 10.0. The molecule has 0 aromatic heterocycles. The summed E-state index contributed by atoms with van der Waals surface area (Å²) in [6, 6.07) is 8.37. The summed E-state index contributed by atoms with van der Waals surface area (Å²) in [5, 5.41) is 6.33. The molecule has 0 bridgehead atoms. The molecule has 110 valence electrons. The Balaban J connectivity index is 1.98. The number of nitrogens with one attached hydrogen (secondary N) is 2. The molecule has 1 aromatic carbocycles. The van der Waals surface area contributed by atoms with Gasteiger partial charge in [-0.25, -0.2) is 0 Å². The predicted molar refractivity (Wildman–Crippen MR) is 84.2 cm³/mol. The van der Waals surface area contributed by atoms with Crippen LogP contribution in [-0.4, -0.2) is 31.6 Å². The Labute approximate surface area is 121 Å². The lowest BCUT2D eigenvalue weighted by molar-refractivity contribution is -0.119. The van der Waals surface area contributed by atoms with Crippen molar-refractivity contribution < 1.29 is 4.79 Å². The monoisotopic (exact) mass is 275 g/mol. The van der Waals surface area contributed by atoms with E-state index in [4.69, 9.17) is 0 Å². The second-order valence-corrected chi connectivity index (χ2v) is 5.35. The van der Waals surface area contributed by atoms with Crippen molar-refractivity contribution in [1.29, 1.82) is 0 Å². The van der Waals surface area contributed by atoms with E-state index in [0.29, 0.717) is 0 Å². The summed E-state index contributed by atoms with van der Waals surface area (Å²) >= 11 is 0. The van der Waals surface area contributed by atoms with Crippen molar-refractivity contribution in [1.82, 2.24) is 5.32 Å². The van der Waals surface area contributed by atoms with E-state index in [9.17, 15) is 4.79 Å². The number of hydrogen-bond donors (Lipinski definition) is 2. The Morgan fingerprint density at radius 2 is 1.95 bits per heavy atom. The number of benzene rings is 1. The fourth-order valence-electron chi connectivity index (χ4n) is 2.80. The molecule has 1 amide bonds. The number of anilines is 2. The number of hydrogen-bond acceptors (Lipinski definition) is 3. The highest BCUT2D eigenvalue weighted by molar-refractivity contribution is 5.93. The van der Waals surface area contributed by atoms with E-state index in [-0.39, 0.29) is 17.9 Å². The van der Waals surface area contributed by atoms with Gasteiger partial charge in [0, 0.05) is 30.5 Å². The minimum absolute atomic E-state index is 0.0810. The first kappa shape index (κ1) is 14.9. The molecule has 2 rings (SSSR count). The van der Waals surface area contributed by atoms with Gasteiger partial charge >= 0.3 is 0 Å². The maximum atomic E-state index is 12.2. The standard InChI is InChI=1S/C16H25N3O/c1-4-19(5-2)14-8-6-13(7-9-14)18-16(20)15-10-11-17-12(15)3/h6-9,12,15,17H,4-5,10-11H2,1-3H3,(H,18,20). The van der Waals surface area contributed by atoms with Crippen molar-refractivity contribution in [2.24, 2.45) is 5.92 Å². The van der Waals surface area contributed by atoms with Crippen LogP contribution in [0.2, 0.25) is 0 Å². The van der Waals surface area contributed by atoms with Crippen LogP contribution in [0.4, 0.5) is 11.4 Å². The van der Waals surface area contributed by atoms with Crippen LogP contribution in [-0.2, 0) is 4.79 Å². The number of carbonyl (C=O) groups excluding carboxylic acids is 1.